The monoisotopic (exact) mass is 348 g/mol. The number of hydrogen-bond donors (Lipinski definition) is 3. The summed E-state index contributed by atoms with van der Waals surface area (Å²) in [5.41, 5.74) is -3.49. The molecule has 5 heteroatoms. The highest BCUT2D eigenvalue weighted by atomic mass is 16.6. The van der Waals surface area contributed by atoms with Crippen LogP contribution in [0.15, 0.2) is 11.6 Å². The Balaban J connectivity index is 1.79. The van der Waals surface area contributed by atoms with E-state index < -0.39 is 28.8 Å². The van der Waals surface area contributed by atoms with Gasteiger partial charge < -0.3 is 20.1 Å². The van der Waals surface area contributed by atoms with Crippen LogP contribution < -0.4 is 0 Å². The summed E-state index contributed by atoms with van der Waals surface area (Å²) < 4.78 is 5.88. The number of aliphatic hydroxyl groups is 3. The zero-order valence-corrected chi connectivity index (χ0v) is 15.5. The van der Waals surface area contributed by atoms with Crippen LogP contribution in [-0.2, 0) is 9.53 Å². The predicted molar refractivity (Wildman–Crippen MR) is 89.5 cm³/mol. The van der Waals surface area contributed by atoms with E-state index in [0.717, 1.165) is 6.42 Å². The summed E-state index contributed by atoms with van der Waals surface area (Å²) in [5, 5.41) is 33.7. The molecule has 0 aromatic carbocycles. The van der Waals surface area contributed by atoms with Crippen molar-refractivity contribution in [2.75, 3.05) is 0 Å². The highest BCUT2D eigenvalue weighted by Gasteiger charge is 2.84. The normalized spacial score (nSPS) is 63.6. The lowest BCUT2D eigenvalue weighted by Crippen LogP contribution is -2.67. The highest BCUT2D eigenvalue weighted by molar-refractivity contribution is 5.95. The van der Waals surface area contributed by atoms with Crippen LogP contribution in [-0.4, -0.2) is 50.6 Å². The topological polar surface area (TPSA) is 90.3 Å². The maximum absolute atomic E-state index is 13.9. The molecule has 5 rings (SSSR count). The van der Waals surface area contributed by atoms with Crippen molar-refractivity contribution in [1.29, 1.82) is 0 Å². The molecule has 4 unspecified atom stereocenters. The van der Waals surface area contributed by atoms with Crippen LogP contribution >= 0.6 is 0 Å². The second kappa shape index (κ2) is 4.06. The van der Waals surface area contributed by atoms with Crippen molar-refractivity contribution in [2.24, 2.45) is 34.5 Å². The summed E-state index contributed by atoms with van der Waals surface area (Å²) in [6.45, 7) is 9.91. The number of rotatable bonds is 0. The second-order valence-corrected chi connectivity index (χ2v) is 10.1. The van der Waals surface area contributed by atoms with Gasteiger partial charge in [-0.15, -0.1) is 0 Å². The number of carbonyl (C=O) groups is 1. The van der Waals surface area contributed by atoms with Crippen molar-refractivity contribution in [3.8, 4) is 0 Å². The molecule has 0 amide bonds. The summed E-state index contributed by atoms with van der Waals surface area (Å²) in [4.78, 5) is 13.9. The molecular formula is C20H28O5. The Kier molecular flexibility index (Phi) is 2.67. The third-order valence-electron chi connectivity index (χ3n) is 8.76. The highest BCUT2D eigenvalue weighted by Crippen LogP contribution is 2.75. The zero-order valence-electron chi connectivity index (χ0n) is 15.5. The van der Waals surface area contributed by atoms with Gasteiger partial charge in [-0.25, -0.2) is 0 Å². The van der Waals surface area contributed by atoms with Crippen LogP contribution in [0.5, 0.6) is 0 Å². The molecule has 1 aliphatic heterocycles. The number of hydrogen-bond acceptors (Lipinski definition) is 5. The fraction of sp³-hybridized carbons (Fsp3) is 0.850. The summed E-state index contributed by atoms with van der Waals surface area (Å²) in [6, 6.07) is 0. The molecule has 0 aromatic heterocycles. The van der Waals surface area contributed by atoms with Crippen molar-refractivity contribution < 1.29 is 24.9 Å². The molecule has 5 aliphatic rings. The molecule has 2 bridgehead atoms. The molecule has 138 valence electrons. The van der Waals surface area contributed by atoms with Crippen molar-refractivity contribution in [1.82, 2.24) is 0 Å². The van der Waals surface area contributed by atoms with E-state index >= 15 is 0 Å². The molecule has 0 radical (unpaired) electrons. The third-order valence-corrected chi connectivity index (χ3v) is 8.76. The van der Waals surface area contributed by atoms with E-state index in [4.69, 9.17) is 4.74 Å². The standard InChI is InChI=1S/C20H28O5/c1-8-7-19-9(2)6-10-12(17(10,3)4)11(14(19)22)15-18(5,25-15)16(23)20(19,24)13(8)21/h7,9-13,15-16,21,23-24H,6H2,1-5H3/t9?,10?,11-,12+,13-,15?,16+,18?,19-,20+/m0/s1. The van der Waals surface area contributed by atoms with Crippen molar-refractivity contribution in [3.63, 3.8) is 0 Å². The zero-order chi connectivity index (χ0) is 18.3. The Morgan fingerprint density at radius 1 is 1.24 bits per heavy atom. The Labute approximate surface area is 148 Å². The molecule has 0 aromatic rings. The average Bonchev–Trinajstić information content (AvgIpc) is 3.35. The van der Waals surface area contributed by atoms with E-state index in [-0.39, 0.29) is 35.1 Å². The van der Waals surface area contributed by atoms with Gasteiger partial charge in [0.25, 0.3) is 0 Å². The molecule has 4 fully saturated rings. The van der Waals surface area contributed by atoms with Gasteiger partial charge in [0.15, 0.2) is 5.78 Å². The van der Waals surface area contributed by atoms with Gasteiger partial charge in [-0.2, -0.15) is 0 Å². The van der Waals surface area contributed by atoms with Gasteiger partial charge in [0.2, 0.25) is 0 Å². The Morgan fingerprint density at radius 2 is 1.88 bits per heavy atom. The number of ether oxygens (including phenoxy) is 1. The minimum Gasteiger partial charge on any atom is -0.387 e. The molecule has 25 heavy (non-hydrogen) atoms. The van der Waals surface area contributed by atoms with E-state index in [9.17, 15) is 20.1 Å². The van der Waals surface area contributed by atoms with Gasteiger partial charge in [0.05, 0.1) is 17.4 Å². The Hall–Kier alpha value is -0.750. The number of fused-ring (bicyclic) bond motifs is 5. The molecule has 10 atom stereocenters. The van der Waals surface area contributed by atoms with Crippen molar-refractivity contribution in [3.05, 3.63) is 11.6 Å². The van der Waals surface area contributed by atoms with Crippen LogP contribution in [0.4, 0.5) is 0 Å². The van der Waals surface area contributed by atoms with E-state index in [1.54, 1.807) is 19.9 Å². The van der Waals surface area contributed by atoms with Crippen molar-refractivity contribution in [2.45, 2.75) is 70.6 Å². The quantitative estimate of drug-likeness (QED) is 0.450. The summed E-state index contributed by atoms with van der Waals surface area (Å²) in [7, 11) is 0. The minimum atomic E-state index is -1.92. The smallest absolute Gasteiger partial charge is 0.152 e. The van der Waals surface area contributed by atoms with E-state index in [0.29, 0.717) is 11.5 Å². The van der Waals surface area contributed by atoms with Crippen LogP contribution in [0.25, 0.3) is 0 Å². The van der Waals surface area contributed by atoms with Crippen LogP contribution in [0, 0.1) is 34.5 Å². The first-order chi connectivity index (χ1) is 11.5. The van der Waals surface area contributed by atoms with Gasteiger partial charge in [-0.05, 0) is 49.0 Å². The number of aliphatic hydroxyl groups excluding tert-OH is 2. The summed E-state index contributed by atoms with van der Waals surface area (Å²) in [6.07, 6.45) is -0.344. The van der Waals surface area contributed by atoms with E-state index in [1.807, 2.05) is 6.92 Å². The van der Waals surface area contributed by atoms with Gasteiger partial charge >= 0.3 is 0 Å². The Morgan fingerprint density at radius 3 is 2.52 bits per heavy atom. The number of carbonyl (C=O) groups excluding carboxylic acids is 1. The maximum atomic E-state index is 13.9. The first-order valence-corrected chi connectivity index (χ1v) is 9.45. The first-order valence-electron chi connectivity index (χ1n) is 9.45. The van der Waals surface area contributed by atoms with Crippen LogP contribution in [0.3, 0.4) is 0 Å². The van der Waals surface area contributed by atoms with Gasteiger partial charge in [-0.1, -0.05) is 26.8 Å². The molecule has 1 saturated heterocycles. The number of epoxide rings is 1. The van der Waals surface area contributed by atoms with Gasteiger partial charge in [0.1, 0.15) is 23.4 Å². The lowest BCUT2D eigenvalue weighted by molar-refractivity contribution is -0.208. The molecular weight excluding hydrogens is 320 g/mol. The average molecular weight is 348 g/mol. The molecule has 5 nitrogen and oxygen atoms in total. The van der Waals surface area contributed by atoms with Gasteiger partial charge in [-0.3, -0.25) is 4.79 Å². The lowest BCUT2D eigenvalue weighted by Gasteiger charge is -2.48. The number of Topliss-reactive ketones (excluding diaryl/α,β-unsaturated/α-hetero) is 1. The fourth-order valence-electron chi connectivity index (χ4n) is 7.16. The van der Waals surface area contributed by atoms with Crippen molar-refractivity contribution >= 4 is 5.78 Å². The minimum absolute atomic E-state index is 0.0400. The predicted octanol–water partition coefficient (Wildman–Crippen LogP) is 1.05. The van der Waals surface area contributed by atoms with Crippen LogP contribution in [0.1, 0.15) is 41.0 Å². The largest absolute Gasteiger partial charge is 0.387 e. The first kappa shape index (κ1) is 16.4. The molecule has 3 N–H and O–H groups in total. The van der Waals surface area contributed by atoms with Crippen LogP contribution in [0.2, 0.25) is 0 Å². The molecule has 1 heterocycles. The van der Waals surface area contributed by atoms with E-state index in [2.05, 4.69) is 13.8 Å². The molecule has 3 saturated carbocycles. The maximum Gasteiger partial charge on any atom is 0.152 e. The summed E-state index contributed by atoms with van der Waals surface area (Å²) in [5.74, 6) is 0.117. The fourth-order valence-corrected chi connectivity index (χ4v) is 7.16. The van der Waals surface area contributed by atoms with Gasteiger partial charge in [0, 0.05) is 0 Å². The third kappa shape index (κ3) is 1.41. The lowest BCUT2D eigenvalue weighted by atomic mass is 9.59. The SMILES string of the molecule is CC1=C[C@]23C(=O)[C@@H](C4OC4(C)[C@@H](O)[C@]2(O)[C@H]1O)[C@H]1C(CC3C)C1(C)C. The molecule has 1 spiro atoms. The Bertz CT molecular complexity index is 728. The number of ketones is 1. The second-order valence-electron chi connectivity index (χ2n) is 10.1. The molecule has 4 aliphatic carbocycles. The summed E-state index contributed by atoms with van der Waals surface area (Å²) >= 11 is 0. The van der Waals surface area contributed by atoms with E-state index in [1.165, 1.54) is 0 Å².